The van der Waals surface area contributed by atoms with Crippen molar-refractivity contribution in [2.24, 2.45) is 5.92 Å². The van der Waals surface area contributed by atoms with Crippen LogP contribution >= 0.6 is 11.8 Å². The molecule has 6 rings (SSSR count). The Labute approximate surface area is 238 Å². The smallest absolute Gasteiger partial charge is 0.387 e. The molecule has 1 aromatic carbocycles. The highest BCUT2D eigenvalue weighted by molar-refractivity contribution is 7.98. The van der Waals surface area contributed by atoms with Crippen molar-refractivity contribution in [1.29, 1.82) is 0 Å². The van der Waals surface area contributed by atoms with Crippen LogP contribution in [0.5, 0.6) is 5.75 Å². The zero-order valence-corrected chi connectivity index (χ0v) is 23.0. The van der Waals surface area contributed by atoms with E-state index in [1.165, 1.54) is 39.4 Å². The number of alkyl halides is 2. The average molecular weight is 583 g/mol. The summed E-state index contributed by atoms with van der Waals surface area (Å²) in [5.74, 6) is -0.296. The number of hydrogen-bond donors (Lipinski definition) is 2. The summed E-state index contributed by atoms with van der Waals surface area (Å²) in [4.78, 5) is 33.5. The molecule has 2 saturated heterocycles. The van der Waals surface area contributed by atoms with Crippen molar-refractivity contribution < 1.29 is 23.1 Å². The fourth-order valence-electron chi connectivity index (χ4n) is 5.48. The molecular weight excluding hydrogens is 554 g/mol. The van der Waals surface area contributed by atoms with Crippen molar-refractivity contribution in [1.82, 2.24) is 34.6 Å². The number of benzene rings is 1. The first-order valence-corrected chi connectivity index (χ1v) is 14.4. The highest BCUT2D eigenvalue weighted by atomic mass is 32.2. The lowest BCUT2D eigenvalue weighted by molar-refractivity contribution is -0.131. The van der Waals surface area contributed by atoms with Gasteiger partial charge in [-0.15, -0.1) is 11.8 Å². The molecule has 2 unspecified atom stereocenters. The minimum atomic E-state index is -3.06. The summed E-state index contributed by atoms with van der Waals surface area (Å²) in [6, 6.07) is 6.75. The second-order valence-corrected chi connectivity index (χ2v) is 10.9. The van der Waals surface area contributed by atoms with Gasteiger partial charge in [0.05, 0.1) is 11.9 Å². The van der Waals surface area contributed by atoms with Crippen LogP contribution in [-0.4, -0.2) is 79.6 Å². The highest BCUT2D eigenvalue weighted by Gasteiger charge is 2.36. The van der Waals surface area contributed by atoms with Gasteiger partial charge in [-0.25, -0.2) is 9.50 Å². The third-order valence-corrected chi connectivity index (χ3v) is 8.17. The number of piperidine rings is 1. The third kappa shape index (κ3) is 5.61. The summed E-state index contributed by atoms with van der Waals surface area (Å²) in [5.41, 5.74) is 1.25. The number of fused-ring (bicyclic) bond motifs is 2. The minimum Gasteiger partial charge on any atom is -0.434 e. The van der Waals surface area contributed by atoms with E-state index in [1.807, 2.05) is 11.2 Å². The van der Waals surface area contributed by atoms with Crippen molar-refractivity contribution >= 4 is 34.9 Å². The normalized spacial score (nSPS) is 18.6. The molecule has 14 heteroatoms. The number of carbonyl (C=O) groups excluding carboxylic acids is 2. The first kappa shape index (κ1) is 27.1. The summed E-state index contributed by atoms with van der Waals surface area (Å²) in [6.07, 6.45) is 10.2. The number of anilines is 1. The fraction of sp³-hybridized carbons (Fsp3) is 0.370. The number of aromatic nitrogens is 5. The Kier molecular flexibility index (Phi) is 7.58. The minimum absolute atomic E-state index is 0.0756. The van der Waals surface area contributed by atoms with Crippen LogP contribution in [0.4, 0.5) is 14.5 Å². The van der Waals surface area contributed by atoms with Gasteiger partial charge in [0.25, 0.3) is 5.91 Å². The van der Waals surface area contributed by atoms with Crippen molar-refractivity contribution in [3.63, 3.8) is 0 Å². The van der Waals surface area contributed by atoms with E-state index in [2.05, 4.69) is 25.8 Å². The highest BCUT2D eigenvalue weighted by Crippen LogP contribution is 2.38. The summed E-state index contributed by atoms with van der Waals surface area (Å²) < 4.78 is 34.4. The molecule has 2 fully saturated rings. The molecule has 3 aromatic heterocycles. The number of nitrogens with zero attached hydrogens (tertiary/aromatic N) is 6. The maximum Gasteiger partial charge on any atom is 0.387 e. The molecule has 11 nitrogen and oxygen atoms in total. The molecule has 0 bridgehead atoms. The van der Waals surface area contributed by atoms with Crippen molar-refractivity contribution in [3.05, 3.63) is 54.6 Å². The van der Waals surface area contributed by atoms with Gasteiger partial charge in [-0.2, -0.15) is 19.0 Å². The molecule has 2 aliphatic rings. The van der Waals surface area contributed by atoms with Crippen molar-refractivity contribution in [3.8, 4) is 17.0 Å². The van der Waals surface area contributed by atoms with Gasteiger partial charge in [-0.05, 0) is 55.8 Å². The number of amides is 2. The van der Waals surface area contributed by atoms with E-state index in [9.17, 15) is 18.4 Å². The summed E-state index contributed by atoms with van der Waals surface area (Å²) in [6.45, 7) is -0.876. The molecule has 2 amide bonds. The number of ether oxygens (including phenoxy) is 1. The van der Waals surface area contributed by atoms with Crippen LogP contribution in [0.25, 0.3) is 16.9 Å². The Morgan fingerprint density at radius 1 is 1.29 bits per heavy atom. The Hall–Kier alpha value is -4.04. The van der Waals surface area contributed by atoms with E-state index in [1.54, 1.807) is 30.6 Å². The predicted octanol–water partition coefficient (Wildman–Crippen LogP) is 3.38. The maximum absolute atomic E-state index is 13.4. The first-order chi connectivity index (χ1) is 19.9. The maximum atomic E-state index is 13.4. The van der Waals surface area contributed by atoms with E-state index >= 15 is 0 Å². The van der Waals surface area contributed by atoms with E-state index in [0.717, 1.165) is 24.3 Å². The standard InChI is InChI=1S/C27H28F2N8O3S/c1-41-17-5-6-22(40-27(28)29)18(10-17)24-21(33-26(39)19-11-32-37-9-3-8-31-25(19)37)14-36(34-24)15-23(38)35-12-16-4-2-7-30-20(16)13-35/h3,5-6,8-11,14,16,20,27,30H,2,4,7,12-13,15H2,1H3,(H,33,39). The topological polar surface area (TPSA) is 119 Å². The van der Waals surface area contributed by atoms with E-state index in [0.29, 0.717) is 30.7 Å². The quantitative estimate of drug-likeness (QED) is 0.304. The lowest BCUT2D eigenvalue weighted by Gasteiger charge is -2.24. The molecule has 0 radical (unpaired) electrons. The second kappa shape index (κ2) is 11.4. The summed E-state index contributed by atoms with van der Waals surface area (Å²) in [7, 11) is 0. The van der Waals surface area contributed by atoms with E-state index in [4.69, 9.17) is 4.74 Å². The van der Waals surface area contributed by atoms with E-state index in [-0.39, 0.29) is 40.7 Å². The van der Waals surface area contributed by atoms with Gasteiger partial charge in [0, 0.05) is 48.2 Å². The predicted molar refractivity (Wildman–Crippen MR) is 148 cm³/mol. The van der Waals surface area contributed by atoms with Crippen molar-refractivity contribution in [2.45, 2.75) is 36.9 Å². The number of rotatable bonds is 8. The molecule has 2 N–H and O–H groups in total. The Balaban J connectivity index is 1.34. The number of nitrogens with one attached hydrogen (secondary N) is 2. The molecule has 4 aromatic rings. The van der Waals surface area contributed by atoms with Gasteiger partial charge < -0.3 is 20.3 Å². The second-order valence-electron chi connectivity index (χ2n) is 9.99. The Morgan fingerprint density at radius 2 is 2.17 bits per heavy atom. The molecule has 41 heavy (non-hydrogen) atoms. The van der Waals surface area contributed by atoms with E-state index < -0.39 is 12.5 Å². The number of likely N-dealkylation sites (tertiary alicyclic amines) is 1. The molecule has 0 aliphatic carbocycles. The van der Waals surface area contributed by atoms with Crippen LogP contribution in [0, 0.1) is 5.92 Å². The van der Waals surface area contributed by atoms with Crippen LogP contribution in [0.2, 0.25) is 0 Å². The first-order valence-electron chi connectivity index (χ1n) is 13.2. The van der Waals surface area contributed by atoms with Gasteiger partial charge in [-0.3, -0.25) is 14.3 Å². The number of carbonyl (C=O) groups is 2. The van der Waals surface area contributed by atoms with Crippen LogP contribution in [-0.2, 0) is 11.3 Å². The number of thioether (sulfide) groups is 1. The largest absolute Gasteiger partial charge is 0.434 e. The van der Waals surface area contributed by atoms with Crippen molar-refractivity contribution in [2.75, 3.05) is 31.2 Å². The lowest BCUT2D eigenvalue weighted by atomic mass is 9.94. The monoisotopic (exact) mass is 582 g/mol. The zero-order valence-electron chi connectivity index (χ0n) is 22.2. The van der Waals surface area contributed by atoms with Crippen LogP contribution in [0.3, 0.4) is 0 Å². The third-order valence-electron chi connectivity index (χ3n) is 7.44. The molecule has 0 saturated carbocycles. The van der Waals surface area contributed by atoms with Crippen LogP contribution < -0.4 is 15.4 Å². The van der Waals surface area contributed by atoms with Gasteiger partial charge in [-0.1, -0.05) is 0 Å². The lowest BCUT2D eigenvalue weighted by Crippen LogP contribution is -2.41. The Bertz CT molecular complexity index is 1580. The van der Waals surface area contributed by atoms with Gasteiger partial charge in [0.15, 0.2) is 5.65 Å². The number of halogens is 2. The fourth-order valence-corrected chi connectivity index (χ4v) is 5.92. The van der Waals surface area contributed by atoms with Gasteiger partial charge >= 0.3 is 6.61 Å². The number of hydrogen-bond acceptors (Lipinski definition) is 8. The molecule has 2 aliphatic heterocycles. The SMILES string of the molecule is CSc1ccc(OC(F)F)c(-c2nn(CC(=O)N3CC4CCCNC4C3)cc2NC(=O)c2cnn3cccnc23)c1. The Morgan fingerprint density at radius 3 is 2.98 bits per heavy atom. The molecule has 0 spiro atoms. The molecular formula is C27H28F2N8O3S. The van der Waals surface area contributed by atoms with Crippen LogP contribution in [0.1, 0.15) is 23.2 Å². The summed E-state index contributed by atoms with van der Waals surface area (Å²) in [5, 5.41) is 15.1. The average Bonchev–Trinajstić information content (AvgIpc) is 3.69. The van der Waals surface area contributed by atoms with Gasteiger partial charge in [0.2, 0.25) is 5.91 Å². The summed E-state index contributed by atoms with van der Waals surface area (Å²) >= 11 is 1.42. The van der Waals surface area contributed by atoms with Gasteiger partial charge in [0.1, 0.15) is 23.6 Å². The molecule has 214 valence electrons. The van der Waals surface area contributed by atoms with Crippen LogP contribution in [0.15, 0.2) is 53.9 Å². The molecule has 2 atom stereocenters. The molecule has 5 heterocycles. The zero-order chi connectivity index (χ0) is 28.5.